The second-order valence-electron chi connectivity index (χ2n) is 10.5. The monoisotopic (exact) mass is 671 g/mol. The Balaban J connectivity index is 1.43. The average Bonchev–Trinajstić information content (AvgIpc) is 3.45. The summed E-state index contributed by atoms with van der Waals surface area (Å²) in [6.07, 6.45) is -1.80. The van der Waals surface area contributed by atoms with Crippen molar-refractivity contribution in [1.29, 1.82) is 5.26 Å². The van der Waals surface area contributed by atoms with E-state index in [1.54, 1.807) is 24.3 Å². The largest absolute Gasteiger partial charge is 0.573 e. The van der Waals surface area contributed by atoms with E-state index in [0.717, 1.165) is 6.07 Å². The number of halogens is 5. The van der Waals surface area contributed by atoms with Crippen molar-refractivity contribution in [1.82, 2.24) is 10.3 Å². The number of aromatic nitrogens is 1. The van der Waals surface area contributed by atoms with Crippen LogP contribution in [0.5, 0.6) is 17.2 Å². The molecule has 4 aromatic rings. The van der Waals surface area contributed by atoms with Gasteiger partial charge in [0, 0.05) is 41.7 Å². The minimum atomic E-state index is -5.06. The van der Waals surface area contributed by atoms with Crippen LogP contribution in [0.4, 0.5) is 17.6 Å². The third kappa shape index (κ3) is 7.91. The van der Waals surface area contributed by atoms with E-state index in [4.69, 9.17) is 21.1 Å². The quantitative estimate of drug-likeness (QED) is 0.145. The lowest BCUT2D eigenvalue weighted by molar-refractivity contribution is -0.275. The van der Waals surface area contributed by atoms with Crippen LogP contribution in [0.25, 0.3) is 11.1 Å². The number of carboxylic acid groups (broad SMARTS) is 1. The molecule has 0 bridgehead atoms. The van der Waals surface area contributed by atoms with Crippen LogP contribution in [0.15, 0.2) is 67.0 Å². The maximum Gasteiger partial charge on any atom is 0.573 e. The Kier molecular flexibility index (Phi) is 10.1. The van der Waals surface area contributed by atoms with Crippen LogP contribution in [0, 0.1) is 17.1 Å². The van der Waals surface area contributed by atoms with Crippen molar-refractivity contribution in [3.05, 3.63) is 106 Å². The Hall–Kier alpha value is -4.90. The van der Waals surface area contributed by atoms with Crippen LogP contribution < -0.4 is 19.5 Å². The zero-order valence-corrected chi connectivity index (χ0v) is 25.1. The average molecular weight is 672 g/mol. The summed E-state index contributed by atoms with van der Waals surface area (Å²) in [7, 11) is 0. The Labute approximate surface area is 270 Å². The van der Waals surface area contributed by atoms with Gasteiger partial charge in [-0.15, -0.1) is 13.2 Å². The molecule has 244 valence electrons. The van der Waals surface area contributed by atoms with Gasteiger partial charge in [-0.3, -0.25) is 15.1 Å². The fourth-order valence-electron chi connectivity index (χ4n) is 5.26. The van der Waals surface area contributed by atoms with Crippen LogP contribution in [0.2, 0.25) is 5.02 Å². The highest BCUT2D eigenvalue weighted by atomic mass is 35.5. The first-order chi connectivity index (χ1) is 22.5. The predicted octanol–water partition coefficient (Wildman–Crippen LogP) is 6.49. The molecule has 47 heavy (non-hydrogen) atoms. The first-order valence-electron chi connectivity index (χ1n) is 14.2. The SMILES string of the molecule is N#Cc1cncc(COc2cc(O[C@H]3CCc4c(-c5cccc(OC(F)(F)F)c5F)cccc43)c(Cl)cc2CNC(CO)C(=O)O)c1. The molecule has 1 unspecified atom stereocenters. The van der Waals surface area contributed by atoms with E-state index in [2.05, 4.69) is 15.0 Å². The number of aliphatic hydroxyl groups excluding tert-OH is 1. The van der Waals surface area contributed by atoms with Crippen LogP contribution in [-0.2, 0) is 24.4 Å². The number of nitrogens with one attached hydrogen (secondary N) is 1. The van der Waals surface area contributed by atoms with Gasteiger partial charge in [-0.1, -0.05) is 41.9 Å². The number of benzene rings is 3. The van der Waals surface area contributed by atoms with E-state index in [0.29, 0.717) is 46.2 Å². The number of carboxylic acids is 1. The second kappa shape index (κ2) is 14.3. The Morgan fingerprint density at radius 3 is 2.60 bits per heavy atom. The highest BCUT2D eigenvalue weighted by Gasteiger charge is 2.34. The van der Waals surface area contributed by atoms with Crippen molar-refractivity contribution in [2.24, 2.45) is 0 Å². The maximum atomic E-state index is 15.2. The van der Waals surface area contributed by atoms with Gasteiger partial charge in [0.05, 0.1) is 17.2 Å². The molecule has 0 spiro atoms. The summed E-state index contributed by atoms with van der Waals surface area (Å²) in [4.78, 5) is 15.4. The molecule has 1 aromatic heterocycles. The molecule has 5 rings (SSSR count). The molecule has 0 amide bonds. The molecule has 14 heteroatoms. The molecule has 0 saturated carbocycles. The molecule has 3 N–H and O–H groups in total. The van der Waals surface area contributed by atoms with E-state index in [9.17, 15) is 33.4 Å². The topological polar surface area (TPSA) is 134 Å². The summed E-state index contributed by atoms with van der Waals surface area (Å²) in [6.45, 7) is -0.696. The lowest BCUT2D eigenvalue weighted by Crippen LogP contribution is -2.39. The number of alkyl halides is 3. The molecule has 1 aliphatic carbocycles. The summed E-state index contributed by atoms with van der Waals surface area (Å²) in [5.74, 6) is -2.83. The summed E-state index contributed by atoms with van der Waals surface area (Å²) in [6, 6.07) is 14.1. The maximum absolute atomic E-state index is 15.2. The number of aliphatic hydroxyl groups is 1. The zero-order valence-electron chi connectivity index (χ0n) is 24.4. The summed E-state index contributed by atoms with van der Waals surface area (Å²) in [5.41, 5.74) is 3.12. The fraction of sp³-hybridized carbons (Fsp3) is 0.242. The predicted molar refractivity (Wildman–Crippen MR) is 160 cm³/mol. The number of pyridine rings is 1. The number of carbonyl (C=O) groups is 1. The number of ether oxygens (including phenoxy) is 3. The van der Waals surface area contributed by atoms with E-state index in [-0.39, 0.29) is 35.2 Å². The summed E-state index contributed by atoms with van der Waals surface area (Å²) in [5, 5.41) is 30.8. The van der Waals surface area contributed by atoms with Gasteiger partial charge in [0.15, 0.2) is 11.6 Å². The van der Waals surface area contributed by atoms with Gasteiger partial charge in [-0.25, -0.2) is 4.39 Å². The minimum Gasteiger partial charge on any atom is -0.488 e. The van der Waals surface area contributed by atoms with E-state index in [1.807, 2.05) is 6.07 Å². The number of nitriles is 1. The number of nitrogens with zero attached hydrogens (tertiary/aromatic N) is 2. The standard InChI is InChI=1S/C33H26ClF4N3O6/c34-25-10-20(15-41-26(16-42)32(43)44)29(45-17-19-9-18(12-39)13-40-14-19)11-30(25)46-27-8-7-22-21(3-1-4-23(22)27)24-5-2-6-28(31(24)35)47-33(36,37)38/h1-6,9-11,13-14,26-27,41-42H,7-8,15-17H2,(H,43,44)/t26?,27-/m0/s1. The van der Waals surface area contributed by atoms with Crippen molar-refractivity contribution >= 4 is 17.6 Å². The number of hydrogen-bond acceptors (Lipinski definition) is 8. The van der Waals surface area contributed by atoms with E-state index < -0.39 is 42.7 Å². The molecule has 0 fully saturated rings. The Morgan fingerprint density at radius 2 is 1.87 bits per heavy atom. The molecule has 2 atom stereocenters. The van der Waals surface area contributed by atoms with Crippen LogP contribution >= 0.6 is 11.6 Å². The third-order valence-electron chi connectivity index (χ3n) is 7.42. The molecule has 9 nitrogen and oxygen atoms in total. The van der Waals surface area contributed by atoms with E-state index >= 15 is 4.39 Å². The van der Waals surface area contributed by atoms with Gasteiger partial charge in [0.1, 0.15) is 36.3 Å². The molecule has 0 aliphatic heterocycles. The normalized spacial score (nSPS) is 14.6. The molecular formula is C33H26ClF4N3O6. The molecule has 0 saturated heterocycles. The Bertz CT molecular complexity index is 1830. The summed E-state index contributed by atoms with van der Waals surface area (Å²) >= 11 is 6.62. The van der Waals surface area contributed by atoms with Crippen LogP contribution in [0.3, 0.4) is 0 Å². The number of aliphatic carboxylic acids is 1. The van der Waals surface area contributed by atoms with Gasteiger partial charge in [-0.2, -0.15) is 5.26 Å². The smallest absolute Gasteiger partial charge is 0.488 e. The highest BCUT2D eigenvalue weighted by molar-refractivity contribution is 6.32. The van der Waals surface area contributed by atoms with Crippen molar-refractivity contribution in [2.45, 2.75) is 44.5 Å². The van der Waals surface area contributed by atoms with Gasteiger partial charge in [-0.05, 0) is 47.7 Å². The highest BCUT2D eigenvalue weighted by Crippen LogP contribution is 2.44. The second-order valence-corrected chi connectivity index (χ2v) is 10.9. The third-order valence-corrected chi connectivity index (χ3v) is 7.71. The molecule has 1 aliphatic rings. The minimum absolute atomic E-state index is 0.00272. The molecule has 1 heterocycles. The number of rotatable bonds is 12. The number of hydrogen-bond donors (Lipinski definition) is 3. The first-order valence-corrected chi connectivity index (χ1v) is 14.5. The lowest BCUT2D eigenvalue weighted by Gasteiger charge is -2.20. The first kappa shape index (κ1) is 33.5. The van der Waals surface area contributed by atoms with Crippen LogP contribution in [-0.4, -0.2) is 40.2 Å². The van der Waals surface area contributed by atoms with Gasteiger partial charge in [0.25, 0.3) is 0 Å². The number of fused-ring (bicyclic) bond motifs is 1. The molecular weight excluding hydrogens is 646 g/mol. The Morgan fingerprint density at radius 1 is 1.11 bits per heavy atom. The van der Waals surface area contributed by atoms with Crippen LogP contribution in [0.1, 0.15) is 40.3 Å². The van der Waals surface area contributed by atoms with Gasteiger partial charge in [0.2, 0.25) is 0 Å². The fourth-order valence-corrected chi connectivity index (χ4v) is 5.49. The van der Waals surface area contributed by atoms with E-state index in [1.165, 1.54) is 36.7 Å². The van der Waals surface area contributed by atoms with Crippen molar-refractivity contribution in [3.8, 4) is 34.4 Å². The van der Waals surface area contributed by atoms with Gasteiger partial charge >= 0.3 is 12.3 Å². The zero-order chi connectivity index (χ0) is 33.7. The lowest BCUT2D eigenvalue weighted by atomic mass is 9.96. The molecule has 0 radical (unpaired) electrons. The van der Waals surface area contributed by atoms with Crippen molar-refractivity contribution in [3.63, 3.8) is 0 Å². The van der Waals surface area contributed by atoms with Crippen molar-refractivity contribution < 1.29 is 46.8 Å². The molecule has 3 aromatic carbocycles. The van der Waals surface area contributed by atoms with Crippen molar-refractivity contribution in [2.75, 3.05) is 6.61 Å². The summed E-state index contributed by atoms with van der Waals surface area (Å²) < 4.78 is 69.9. The van der Waals surface area contributed by atoms with Gasteiger partial charge < -0.3 is 24.4 Å².